The Balaban J connectivity index is 1.78. The predicted octanol–water partition coefficient (Wildman–Crippen LogP) is 3.44. The summed E-state index contributed by atoms with van der Waals surface area (Å²) in [6.45, 7) is 11.3. The zero-order valence-corrected chi connectivity index (χ0v) is 18.4. The van der Waals surface area contributed by atoms with Crippen LogP contribution in [0.4, 0.5) is 5.82 Å². The van der Waals surface area contributed by atoms with Crippen molar-refractivity contribution in [2.24, 2.45) is 0 Å². The van der Waals surface area contributed by atoms with E-state index in [-0.39, 0.29) is 5.91 Å². The number of aromatic nitrogens is 4. The van der Waals surface area contributed by atoms with Crippen molar-refractivity contribution in [3.05, 3.63) is 41.3 Å². The highest BCUT2D eigenvalue weighted by Crippen LogP contribution is 2.30. The zero-order chi connectivity index (χ0) is 21.3. The van der Waals surface area contributed by atoms with Crippen LogP contribution in [-0.4, -0.2) is 56.7 Å². The molecule has 0 atom stereocenters. The number of nitrogens with zero attached hydrogens (tertiary/aromatic N) is 6. The first-order valence-corrected chi connectivity index (χ1v) is 10.9. The predicted molar refractivity (Wildman–Crippen MR) is 119 cm³/mol. The number of carbonyl (C=O) groups is 1. The molecule has 1 fully saturated rings. The van der Waals surface area contributed by atoms with Crippen LogP contribution in [-0.2, 0) is 11.2 Å². The summed E-state index contributed by atoms with van der Waals surface area (Å²) in [5, 5.41) is 5.83. The van der Waals surface area contributed by atoms with Crippen molar-refractivity contribution >= 4 is 22.8 Å². The van der Waals surface area contributed by atoms with Gasteiger partial charge in [-0.15, -0.1) is 0 Å². The van der Waals surface area contributed by atoms with Crippen molar-refractivity contribution < 1.29 is 4.79 Å². The van der Waals surface area contributed by atoms with Crippen LogP contribution in [0.15, 0.2) is 24.3 Å². The lowest BCUT2D eigenvalue weighted by Crippen LogP contribution is -2.35. The second kappa shape index (κ2) is 8.42. The third kappa shape index (κ3) is 3.76. The van der Waals surface area contributed by atoms with E-state index >= 15 is 0 Å². The van der Waals surface area contributed by atoms with Gasteiger partial charge in [-0.3, -0.25) is 4.79 Å². The molecule has 0 saturated carbocycles. The van der Waals surface area contributed by atoms with E-state index in [1.807, 2.05) is 23.4 Å². The Morgan fingerprint density at radius 1 is 1.00 bits per heavy atom. The highest BCUT2D eigenvalue weighted by atomic mass is 16.2. The molecule has 1 amide bonds. The van der Waals surface area contributed by atoms with Crippen LogP contribution in [0.1, 0.15) is 43.8 Å². The quantitative estimate of drug-likeness (QED) is 0.664. The number of rotatable bonds is 4. The summed E-state index contributed by atoms with van der Waals surface area (Å²) in [5.74, 6) is 1.98. The van der Waals surface area contributed by atoms with Crippen LogP contribution in [0.2, 0.25) is 0 Å². The van der Waals surface area contributed by atoms with Crippen molar-refractivity contribution in [2.45, 2.75) is 47.0 Å². The summed E-state index contributed by atoms with van der Waals surface area (Å²) in [5.41, 5.74) is 3.99. The summed E-state index contributed by atoms with van der Waals surface area (Å²) in [4.78, 5) is 26.2. The van der Waals surface area contributed by atoms with Gasteiger partial charge in [-0.25, -0.2) is 14.6 Å². The molecular formula is C23H30N6O. The summed E-state index contributed by atoms with van der Waals surface area (Å²) < 4.78 is 1.93. The number of aryl methyl sites for hydroxylation is 3. The molecule has 0 radical (unpaired) electrons. The SMILES string of the molecule is CCC(=O)N1CCCN(c2nc(CC)nc3c2c(C)nn3-c2ccc(C)cc2)CC1. The monoisotopic (exact) mass is 406 g/mol. The maximum absolute atomic E-state index is 12.2. The Kier molecular flexibility index (Phi) is 5.70. The Bertz CT molecular complexity index is 1060. The van der Waals surface area contributed by atoms with E-state index in [0.29, 0.717) is 6.42 Å². The number of fused-ring (bicyclic) bond motifs is 1. The number of hydrogen-bond donors (Lipinski definition) is 0. The van der Waals surface area contributed by atoms with Crippen LogP contribution in [0.5, 0.6) is 0 Å². The number of amides is 1. The molecule has 0 unspecified atom stereocenters. The lowest BCUT2D eigenvalue weighted by molar-refractivity contribution is -0.130. The van der Waals surface area contributed by atoms with Gasteiger partial charge in [0, 0.05) is 39.0 Å². The largest absolute Gasteiger partial charge is 0.354 e. The highest BCUT2D eigenvalue weighted by molar-refractivity contribution is 5.91. The van der Waals surface area contributed by atoms with Crippen LogP contribution < -0.4 is 4.90 Å². The van der Waals surface area contributed by atoms with E-state index in [0.717, 1.165) is 73.1 Å². The van der Waals surface area contributed by atoms with Crippen molar-refractivity contribution in [3.8, 4) is 5.69 Å². The molecule has 7 nitrogen and oxygen atoms in total. The van der Waals surface area contributed by atoms with Gasteiger partial charge in [0.1, 0.15) is 11.6 Å². The molecule has 7 heteroatoms. The molecule has 30 heavy (non-hydrogen) atoms. The number of hydrogen-bond acceptors (Lipinski definition) is 5. The van der Waals surface area contributed by atoms with E-state index in [1.54, 1.807) is 0 Å². The van der Waals surface area contributed by atoms with E-state index in [2.05, 4.69) is 43.0 Å². The van der Waals surface area contributed by atoms with Gasteiger partial charge in [0.15, 0.2) is 5.65 Å². The average molecular weight is 407 g/mol. The summed E-state index contributed by atoms with van der Waals surface area (Å²) in [6, 6.07) is 8.34. The second-order valence-corrected chi connectivity index (χ2v) is 7.92. The van der Waals surface area contributed by atoms with Gasteiger partial charge >= 0.3 is 0 Å². The van der Waals surface area contributed by atoms with Crippen LogP contribution >= 0.6 is 0 Å². The third-order valence-electron chi connectivity index (χ3n) is 5.77. The first-order chi connectivity index (χ1) is 14.5. The molecule has 2 aromatic heterocycles. The van der Waals surface area contributed by atoms with Crippen LogP contribution in [0, 0.1) is 13.8 Å². The Morgan fingerprint density at radius 2 is 1.77 bits per heavy atom. The molecule has 0 bridgehead atoms. The number of carbonyl (C=O) groups excluding carboxylic acids is 1. The van der Waals surface area contributed by atoms with Gasteiger partial charge in [0.2, 0.25) is 5.91 Å². The Morgan fingerprint density at radius 3 is 2.47 bits per heavy atom. The van der Waals surface area contributed by atoms with Crippen molar-refractivity contribution in [1.29, 1.82) is 0 Å². The maximum atomic E-state index is 12.2. The minimum absolute atomic E-state index is 0.224. The minimum atomic E-state index is 0.224. The van der Waals surface area contributed by atoms with E-state index in [9.17, 15) is 4.79 Å². The molecule has 0 spiro atoms. The fourth-order valence-electron chi connectivity index (χ4n) is 4.06. The number of benzene rings is 1. The molecule has 4 rings (SSSR count). The fraction of sp³-hybridized carbons (Fsp3) is 0.478. The molecule has 0 aliphatic carbocycles. The number of anilines is 1. The fourth-order valence-corrected chi connectivity index (χ4v) is 4.06. The molecule has 1 aliphatic heterocycles. The van der Waals surface area contributed by atoms with E-state index in [1.165, 1.54) is 5.56 Å². The Labute approximate surface area is 177 Å². The lowest BCUT2D eigenvalue weighted by Gasteiger charge is -2.23. The van der Waals surface area contributed by atoms with Crippen LogP contribution in [0.3, 0.4) is 0 Å². The smallest absolute Gasteiger partial charge is 0.222 e. The standard InChI is InChI=1S/C23H30N6O/c1-5-19-24-22(28-13-7-12-27(14-15-28)20(30)6-2)21-17(4)26-29(23(21)25-19)18-10-8-16(3)9-11-18/h8-11H,5-7,12-15H2,1-4H3. The second-order valence-electron chi connectivity index (χ2n) is 7.92. The lowest BCUT2D eigenvalue weighted by atomic mass is 10.2. The van der Waals surface area contributed by atoms with Gasteiger partial charge in [-0.1, -0.05) is 31.5 Å². The highest BCUT2D eigenvalue weighted by Gasteiger charge is 2.24. The van der Waals surface area contributed by atoms with Crippen molar-refractivity contribution in [3.63, 3.8) is 0 Å². The van der Waals surface area contributed by atoms with E-state index in [4.69, 9.17) is 15.1 Å². The average Bonchev–Trinajstić information content (AvgIpc) is 2.93. The molecule has 158 valence electrons. The molecular weight excluding hydrogens is 376 g/mol. The van der Waals surface area contributed by atoms with Crippen LogP contribution in [0.25, 0.3) is 16.7 Å². The van der Waals surface area contributed by atoms with Gasteiger partial charge < -0.3 is 9.80 Å². The van der Waals surface area contributed by atoms with E-state index < -0.39 is 0 Å². The van der Waals surface area contributed by atoms with Crippen molar-refractivity contribution in [2.75, 3.05) is 31.1 Å². The zero-order valence-electron chi connectivity index (χ0n) is 18.4. The molecule has 1 saturated heterocycles. The Hall–Kier alpha value is -2.96. The topological polar surface area (TPSA) is 67.2 Å². The van der Waals surface area contributed by atoms with Gasteiger partial charge in [0.05, 0.1) is 16.8 Å². The molecule has 3 heterocycles. The summed E-state index contributed by atoms with van der Waals surface area (Å²) in [6.07, 6.45) is 2.25. The molecule has 1 aliphatic rings. The summed E-state index contributed by atoms with van der Waals surface area (Å²) >= 11 is 0. The normalized spacial score (nSPS) is 14.9. The molecule has 0 N–H and O–H groups in total. The molecule has 1 aromatic carbocycles. The maximum Gasteiger partial charge on any atom is 0.222 e. The van der Waals surface area contributed by atoms with Crippen molar-refractivity contribution in [1.82, 2.24) is 24.6 Å². The first kappa shape index (κ1) is 20.3. The minimum Gasteiger partial charge on any atom is -0.354 e. The van der Waals surface area contributed by atoms with Gasteiger partial charge in [-0.2, -0.15) is 5.10 Å². The van der Waals surface area contributed by atoms with Gasteiger partial charge in [-0.05, 0) is 32.4 Å². The first-order valence-electron chi connectivity index (χ1n) is 10.9. The van der Waals surface area contributed by atoms with Gasteiger partial charge in [0.25, 0.3) is 0 Å². The molecule has 3 aromatic rings. The summed E-state index contributed by atoms with van der Waals surface area (Å²) in [7, 11) is 0. The third-order valence-corrected chi connectivity index (χ3v) is 5.77.